The number of ether oxygens (including phenoxy) is 1. The number of carbonyl (C=O) groups excluding carboxylic acids is 2. The topological polar surface area (TPSA) is 87.7 Å². The van der Waals surface area contributed by atoms with Gasteiger partial charge in [-0.3, -0.25) is 9.59 Å². The summed E-state index contributed by atoms with van der Waals surface area (Å²) in [6, 6.07) is 3.68. The van der Waals surface area contributed by atoms with E-state index in [1.807, 2.05) is 20.8 Å². The smallest absolute Gasteiger partial charge is 0.381 e. The van der Waals surface area contributed by atoms with Crippen LogP contribution in [0.25, 0.3) is 0 Å². The van der Waals surface area contributed by atoms with Crippen LogP contribution in [0, 0.1) is 5.92 Å². The van der Waals surface area contributed by atoms with Gasteiger partial charge >= 0.3 is 6.18 Å². The van der Waals surface area contributed by atoms with Crippen LogP contribution in [-0.4, -0.2) is 48.5 Å². The summed E-state index contributed by atoms with van der Waals surface area (Å²) >= 11 is 6.31. The highest BCUT2D eigenvalue weighted by Crippen LogP contribution is 2.31. The molecule has 6 nitrogen and oxygen atoms in total. The SMILES string of the molecule is CC(C)(C)c1ccc(NC(=O)C(NC(=O)C(O)C(F)(F)F)C2CCOCC2)cc1Cl. The summed E-state index contributed by atoms with van der Waals surface area (Å²) in [5.41, 5.74) is 0.997. The Morgan fingerprint density at radius 1 is 1.17 bits per heavy atom. The summed E-state index contributed by atoms with van der Waals surface area (Å²) < 4.78 is 43.2. The minimum Gasteiger partial charge on any atom is -0.381 e. The lowest BCUT2D eigenvalue weighted by Gasteiger charge is -2.31. The number of hydrogen-bond acceptors (Lipinski definition) is 4. The Balaban J connectivity index is 2.20. The number of anilines is 1. The second-order valence-electron chi connectivity index (χ2n) is 8.31. The molecule has 1 saturated heterocycles. The zero-order valence-corrected chi connectivity index (χ0v) is 17.7. The van der Waals surface area contributed by atoms with Crippen LogP contribution < -0.4 is 10.6 Å². The third-order valence-corrected chi connectivity index (χ3v) is 5.23. The van der Waals surface area contributed by atoms with Gasteiger partial charge in [0.25, 0.3) is 5.91 Å². The lowest BCUT2D eigenvalue weighted by atomic mass is 9.87. The molecule has 0 radical (unpaired) electrons. The highest BCUT2D eigenvalue weighted by atomic mass is 35.5. The molecule has 0 aliphatic carbocycles. The molecule has 2 unspecified atom stereocenters. The summed E-state index contributed by atoms with van der Waals surface area (Å²) in [6.07, 6.45) is -7.58. The van der Waals surface area contributed by atoms with Crippen molar-refractivity contribution in [1.29, 1.82) is 0 Å². The first kappa shape index (κ1) is 24.4. The van der Waals surface area contributed by atoms with E-state index in [1.165, 1.54) is 0 Å². The van der Waals surface area contributed by atoms with Gasteiger partial charge < -0.3 is 20.5 Å². The molecule has 30 heavy (non-hydrogen) atoms. The van der Waals surface area contributed by atoms with Crippen molar-refractivity contribution in [3.8, 4) is 0 Å². The van der Waals surface area contributed by atoms with E-state index in [4.69, 9.17) is 16.3 Å². The third-order valence-electron chi connectivity index (χ3n) is 4.92. The molecule has 0 aromatic heterocycles. The Bertz CT molecular complexity index is 774. The van der Waals surface area contributed by atoms with Crippen molar-refractivity contribution in [2.24, 2.45) is 5.92 Å². The normalized spacial score (nSPS) is 17.9. The van der Waals surface area contributed by atoms with Crippen LogP contribution in [0.15, 0.2) is 18.2 Å². The predicted octanol–water partition coefficient (Wildman–Crippen LogP) is 3.41. The van der Waals surface area contributed by atoms with Crippen molar-refractivity contribution in [1.82, 2.24) is 5.32 Å². The number of aliphatic hydroxyl groups excluding tert-OH is 1. The van der Waals surface area contributed by atoms with Crippen LogP contribution in [0.1, 0.15) is 39.2 Å². The monoisotopic (exact) mass is 450 g/mol. The van der Waals surface area contributed by atoms with E-state index in [2.05, 4.69) is 10.6 Å². The van der Waals surface area contributed by atoms with Crippen LogP contribution in [0.2, 0.25) is 5.02 Å². The average Bonchev–Trinajstić information content (AvgIpc) is 2.64. The maximum absolute atomic E-state index is 12.8. The molecule has 1 aromatic carbocycles. The van der Waals surface area contributed by atoms with Crippen LogP contribution in [0.4, 0.5) is 18.9 Å². The van der Waals surface area contributed by atoms with E-state index in [0.29, 0.717) is 36.8 Å². The molecule has 10 heteroatoms. The average molecular weight is 451 g/mol. The molecule has 1 aliphatic rings. The fourth-order valence-corrected chi connectivity index (χ4v) is 3.71. The van der Waals surface area contributed by atoms with Gasteiger partial charge in [-0.05, 0) is 41.9 Å². The summed E-state index contributed by atoms with van der Waals surface area (Å²) in [5.74, 6) is -2.80. The van der Waals surface area contributed by atoms with Crippen LogP contribution >= 0.6 is 11.6 Å². The van der Waals surface area contributed by atoms with Crippen molar-refractivity contribution in [2.75, 3.05) is 18.5 Å². The molecule has 1 heterocycles. The highest BCUT2D eigenvalue weighted by molar-refractivity contribution is 6.31. The molecule has 1 aliphatic heterocycles. The summed E-state index contributed by atoms with van der Waals surface area (Å²) in [7, 11) is 0. The molecule has 2 amide bonds. The Morgan fingerprint density at radius 3 is 2.27 bits per heavy atom. The molecular formula is C20H26ClF3N2O4. The number of hydrogen-bond donors (Lipinski definition) is 3. The third kappa shape index (κ3) is 6.33. The number of halogens is 4. The summed E-state index contributed by atoms with van der Waals surface area (Å²) in [5, 5.41) is 14.3. The Labute approximate surface area is 178 Å². The molecule has 0 spiro atoms. The minimum atomic E-state index is -5.13. The molecule has 2 rings (SSSR count). The van der Waals surface area contributed by atoms with Crippen LogP contribution in [0.3, 0.4) is 0 Å². The fourth-order valence-electron chi connectivity index (χ4n) is 3.25. The Morgan fingerprint density at radius 2 is 1.77 bits per heavy atom. The number of aliphatic hydroxyl groups is 1. The minimum absolute atomic E-state index is 0.216. The second-order valence-corrected chi connectivity index (χ2v) is 8.72. The predicted molar refractivity (Wildman–Crippen MR) is 106 cm³/mol. The van der Waals surface area contributed by atoms with E-state index < -0.39 is 36.1 Å². The Hall–Kier alpha value is -1.84. The maximum Gasteiger partial charge on any atom is 0.423 e. The number of benzene rings is 1. The van der Waals surface area contributed by atoms with Crippen molar-refractivity contribution < 1.29 is 32.6 Å². The van der Waals surface area contributed by atoms with Crippen molar-refractivity contribution in [3.63, 3.8) is 0 Å². The van der Waals surface area contributed by atoms with Gasteiger partial charge in [-0.25, -0.2) is 0 Å². The van der Waals surface area contributed by atoms with Gasteiger partial charge in [0, 0.05) is 23.9 Å². The van der Waals surface area contributed by atoms with Crippen molar-refractivity contribution in [2.45, 2.75) is 57.3 Å². The molecule has 0 saturated carbocycles. The largest absolute Gasteiger partial charge is 0.423 e. The molecule has 1 aromatic rings. The van der Waals surface area contributed by atoms with E-state index in [9.17, 15) is 27.9 Å². The number of alkyl halides is 3. The number of amides is 2. The van der Waals surface area contributed by atoms with Gasteiger partial charge in [0.05, 0.1) is 0 Å². The lowest BCUT2D eigenvalue weighted by molar-refractivity contribution is -0.205. The zero-order chi connectivity index (χ0) is 22.7. The summed E-state index contributed by atoms with van der Waals surface area (Å²) in [6.45, 7) is 6.58. The van der Waals surface area contributed by atoms with Gasteiger partial charge in [0.2, 0.25) is 12.0 Å². The van der Waals surface area contributed by atoms with Gasteiger partial charge in [-0.15, -0.1) is 0 Å². The molecule has 1 fully saturated rings. The number of rotatable bonds is 5. The molecule has 2 atom stereocenters. The Kier molecular flexibility index (Phi) is 7.76. The number of nitrogens with one attached hydrogen (secondary N) is 2. The lowest BCUT2D eigenvalue weighted by Crippen LogP contribution is -2.54. The number of carbonyl (C=O) groups is 2. The molecular weight excluding hydrogens is 425 g/mol. The molecule has 0 bridgehead atoms. The standard InChI is InChI=1S/C20H26ClF3N2O4/c1-19(2,3)13-5-4-12(10-14(13)21)25-17(28)15(11-6-8-30-9-7-11)26-18(29)16(27)20(22,23)24/h4-5,10-11,15-16,27H,6-9H2,1-3H3,(H,25,28)(H,26,29). The van der Waals surface area contributed by atoms with Crippen LogP contribution in [-0.2, 0) is 19.7 Å². The van der Waals surface area contributed by atoms with Gasteiger partial charge in [-0.1, -0.05) is 38.4 Å². The maximum atomic E-state index is 12.8. The highest BCUT2D eigenvalue weighted by Gasteiger charge is 2.45. The first-order chi connectivity index (χ1) is 13.8. The van der Waals surface area contributed by atoms with E-state index in [-0.39, 0.29) is 5.41 Å². The van der Waals surface area contributed by atoms with E-state index in [1.54, 1.807) is 18.2 Å². The van der Waals surface area contributed by atoms with E-state index >= 15 is 0 Å². The van der Waals surface area contributed by atoms with Gasteiger partial charge in [-0.2, -0.15) is 13.2 Å². The quantitative estimate of drug-likeness (QED) is 0.641. The molecule has 168 valence electrons. The first-order valence-electron chi connectivity index (χ1n) is 9.54. The van der Waals surface area contributed by atoms with Crippen LogP contribution in [0.5, 0.6) is 0 Å². The zero-order valence-electron chi connectivity index (χ0n) is 17.0. The van der Waals surface area contributed by atoms with Crippen molar-refractivity contribution in [3.05, 3.63) is 28.8 Å². The second kappa shape index (κ2) is 9.53. The van der Waals surface area contributed by atoms with Gasteiger partial charge in [0.15, 0.2) is 0 Å². The summed E-state index contributed by atoms with van der Waals surface area (Å²) in [4.78, 5) is 24.7. The van der Waals surface area contributed by atoms with E-state index in [0.717, 1.165) is 5.56 Å². The fraction of sp³-hybridized carbons (Fsp3) is 0.600. The van der Waals surface area contributed by atoms with Crippen molar-refractivity contribution >= 4 is 29.1 Å². The first-order valence-corrected chi connectivity index (χ1v) is 9.92. The molecule has 3 N–H and O–H groups in total. The van der Waals surface area contributed by atoms with Gasteiger partial charge in [0.1, 0.15) is 6.04 Å².